The maximum absolute atomic E-state index is 12.9. The zero-order valence-electron chi connectivity index (χ0n) is 14.0. The number of hydrogen-bond donors (Lipinski definition) is 0. The third-order valence-corrected chi connectivity index (χ3v) is 3.70. The fourth-order valence-electron chi connectivity index (χ4n) is 2.78. The molecule has 0 unspecified atom stereocenters. The maximum Gasteiger partial charge on any atom is 0.282 e. The molecule has 1 aromatic carbocycles. The average Bonchev–Trinajstić information content (AvgIpc) is 2.79. The summed E-state index contributed by atoms with van der Waals surface area (Å²) in [7, 11) is 0. The van der Waals surface area contributed by atoms with Crippen molar-refractivity contribution < 1.29 is 9.53 Å². The van der Waals surface area contributed by atoms with Gasteiger partial charge in [-0.3, -0.25) is 4.79 Å². The summed E-state index contributed by atoms with van der Waals surface area (Å²) in [6.07, 6.45) is 0.903. The second-order valence-corrected chi connectivity index (χ2v) is 5.80. The highest BCUT2D eigenvalue weighted by molar-refractivity contribution is 5.98. The molecule has 0 saturated carbocycles. The lowest BCUT2D eigenvalue weighted by atomic mass is 10.0. The summed E-state index contributed by atoms with van der Waals surface area (Å²) in [6.45, 7) is 10.8. The topological polar surface area (TPSA) is 44.1 Å². The van der Waals surface area contributed by atoms with E-state index < -0.39 is 0 Å². The van der Waals surface area contributed by atoms with E-state index in [1.165, 1.54) is 4.68 Å². The van der Waals surface area contributed by atoms with Gasteiger partial charge in [0.15, 0.2) is 0 Å². The second-order valence-electron chi connectivity index (χ2n) is 5.80. The van der Waals surface area contributed by atoms with Crippen LogP contribution in [0.2, 0.25) is 0 Å². The number of carbonyl (C=O) groups excluding carboxylic acids is 1. The molecule has 0 radical (unpaired) electrons. The highest BCUT2D eigenvalue weighted by Gasteiger charge is 2.21. The van der Waals surface area contributed by atoms with Gasteiger partial charge in [-0.05, 0) is 43.9 Å². The quantitative estimate of drug-likeness (QED) is 0.835. The molecule has 0 aliphatic heterocycles. The van der Waals surface area contributed by atoms with Gasteiger partial charge in [0.1, 0.15) is 5.75 Å². The summed E-state index contributed by atoms with van der Waals surface area (Å²) in [6, 6.07) is 7.35. The van der Waals surface area contributed by atoms with E-state index in [2.05, 4.69) is 18.9 Å². The monoisotopic (exact) mass is 300 g/mol. The van der Waals surface area contributed by atoms with Crippen molar-refractivity contribution in [3.05, 3.63) is 46.8 Å². The van der Waals surface area contributed by atoms with Gasteiger partial charge in [-0.25, -0.2) is 4.68 Å². The molecule has 0 aliphatic carbocycles. The molecule has 2 rings (SSSR count). The second kappa shape index (κ2) is 6.77. The van der Waals surface area contributed by atoms with Crippen molar-refractivity contribution in [3.8, 4) is 5.75 Å². The summed E-state index contributed by atoms with van der Waals surface area (Å²) < 4.78 is 7.19. The summed E-state index contributed by atoms with van der Waals surface area (Å²) in [5.74, 6) is 0.820. The Labute approximate surface area is 132 Å². The molecule has 2 aromatic rings. The van der Waals surface area contributed by atoms with Gasteiger partial charge in [0.2, 0.25) is 0 Å². The van der Waals surface area contributed by atoms with Crippen LogP contribution in [0.15, 0.2) is 24.3 Å². The van der Waals surface area contributed by atoms with Gasteiger partial charge in [0.25, 0.3) is 5.91 Å². The predicted molar refractivity (Wildman–Crippen MR) is 87.7 cm³/mol. The standard InChI is InChI=1S/C18H24N2O2/c1-6-11-22-16-10-8-7-9-15(16)18(21)20-14(5)17(12(2)3)13(4)19-20/h7-10,12H,6,11H2,1-5H3. The molecule has 0 aliphatic rings. The summed E-state index contributed by atoms with van der Waals surface area (Å²) >= 11 is 0. The molecule has 0 spiro atoms. The summed E-state index contributed by atoms with van der Waals surface area (Å²) in [4.78, 5) is 12.9. The van der Waals surface area contributed by atoms with Crippen LogP contribution >= 0.6 is 0 Å². The first kappa shape index (κ1) is 16.3. The molecule has 0 N–H and O–H groups in total. The van der Waals surface area contributed by atoms with Crippen LogP contribution in [0.3, 0.4) is 0 Å². The van der Waals surface area contributed by atoms with Crippen molar-refractivity contribution in [1.82, 2.24) is 9.78 Å². The summed E-state index contributed by atoms with van der Waals surface area (Å²) in [5.41, 5.74) is 3.51. The molecule has 1 heterocycles. The zero-order valence-corrected chi connectivity index (χ0v) is 14.0. The molecule has 0 bridgehead atoms. The Hall–Kier alpha value is -2.10. The Bertz CT molecular complexity index is 672. The van der Waals surface area contributed by atoms with Gasteiger partial charge in [-0.15, -0.1) is 0 Å². The van der Waals surface area contributed by atoms with Gasteiger partial charge in [-0.1, -0.05) is 32.9 Å². The molecule has 0 saturated heterocycles. The van der Waals surface area contributed by atoms with Crippen LogP contribution in [-0.4, -0.2) is 22.3 Å². The number of para-hydroxylation sites is 1. The molecular formula is C18H24N2O2. The molecule has 0 atom stereocenters. The molecule has 0 amide bonds. The lowest BCUT2D eigenvalue weighted by Crippen LogP contribution is -2.17. The predicted octanol–water partition coefficient (Wildman–Crippen LogP) is 4.10. The van der Waals surface area contributed by atoms with E-state index >= 15 is 0 Å². The molecule has 118 valence electrons. The first-order valence-electron chi connectivity index (χ1n) is 7.80. The number of aryl methyl sites for hydroxylation is 1. The van der Waals surface area contributed by atoms with Gasteiger partial charge in [-0.2, -0.15) is 5.10 Å². The molecule has 4 heteroatoms. The Balaban J connectivity index is 2.43. The van der Waals surface area contributed by atoms with Crippen molar-refractivity contribution in [1.29, 1.82) is 0 Å². The fourth-order valence-corrected chi connectivity index (χ4v) is 2.78. The van der Waals surface area contributed by atoms with Crippen LogP contribution in [0, 0.1) is 13.8 Å². The Kier molecular flexibility index (Phi) is 5.01. The number of hydrogen-bond acceptors (Lipinski definition) is 3. The third-order valence-electron chi connectivity index (χ3n) is 3.70. The number of benzene rings is 1. The van der Waals surface area contributed by atoms with Crippen LogP contribution in [-0.2, 0) is 0 Å². The van der Waals surface area contributed by atoms with Gasteiger partial charge >= 0.3 is 0 Å². The van der Waals surface area contributed by atoms with Gasteiger partial charge in [0, 0.05) is 5.69 Å². The Morgan fingerprint density at radius 3 is 2.55 bits per heavy atom. The highest BCUT2D eigenvalue weighted by Crippen LogP contribution is 2.25. The van der Waals surface area contributed by atoms with Gasteiger partial charge < -0.3 is 4.74 Å². The van der Waals surface area contributed by atoms with Crippen molar-refractivity contribution >= 4 is 5.91 Å². The minimum atomic E-state index is -0.140. The van der Waals surface area contributed by atoms with Crippen molar-refractivity contribution in [2.24, 2.45) is 0 Å². The Morgan fingerprint density at radius 2 is 1.95 bits per heavy atom. The molecule has 0 fully saturated rings. The average molecular weight is 300 g/mol. The van der Waals surface area contributed by atoms with E-state index in [1.807, 2.05) is 39.0 Å². The fraction of sp³-hybridized carbons (Fsp3) is 0.444. The minimum Gasteiger partial charge on any atom is -0.493 e. The largest absolute Gasteiger partial charge is 0.493 e. The van der Waals surface area contributed by atoms with E-state index in [0.29, 0.717) is 23.8 Å². The number of nitrogens with zero attached hydrogens (tertiary/aromatic N) is 2. The smallest absolute Gasteiger partial charge is 0.282 e. The normalized spacial score (nSPS) is 11.0. The zero-order chi connectivity index (χ0) is 16.3. The van der Waals surface area contributed by atoms with E-state index in [0.717, 1.165) is 23.4 Å². The van der Waals surface area contributed by atoms with Crippen LogP contribution in [0.1, 0.15) is 60.4 Å². The lowest BCUT2D eigenvalue weighted by Gasteiger charge is -2.11. The van der Waals surface area contributed by atoms with Crippen LogP contribution in [0.25, 0.3) is 0 Å². The third kappa shape index (κ3) is 3.06. The van der Waals surface area contributed by atoms with Crippen molar-refractivity contribution in [2.45, 2.75) is 47.0 Å². The molecule has 1 aromatic heterocycles. The first-order valence-corrected chi connectivity index (χ1v) is 7.80. The van der Waals surface area contributed by atoms with Gasteiger partial charge in [0.05, 0.1) is 17.9 Å². The molecule has 4 nitrogen and oxygen atoms in total. The van der Waals surface area contributed by atoms with Crippen molar-refractivity contribution in [2.75, 3.05) is 6.61 Å². The number of carbonyl (C=O) groups is 1. The van der Waals surface area contributed by atoms with E-state index in [1.54, 1.807) is 6.07 Å². The molecule has 22 heavy (non-hydrogen) atoms. The maximum atomic E-state index is 12.9. The first-order chi connectivity index (χ1) is 10.5. The minimum absolute atomic E-state index is 0.140. The van der Waals surface area contributed by atoms with E-state index in [9.17, 15) is 4.79 Å². The molecular weight excluding hydrogens is 276 g/mol. The number of ether oxygens (including phenoxy) is 1. The Morgan fingerprint density at radius 1 is 1.27 bits per heavy atom. The van der Waals surface area contributed by atoms with Crippen molar-refractivity contribution in [3.63, 3.8) is 0 Å². The summed E-state index contributed by atoms with van der Waals surface area (Å²) in [5, 5.41) is 4.44. The van der Waals surface area contributed by atoms with E-state index in [-0.39, 0.29) is 5.91 Å². The van der Waals surface area contributed by atoms with Crippen LogP contribution < -0.4 is 4.74 Å². The number of rotatable bonds is 5. The van der Waals surface area contributed by atoms with Crippen LogP contribution in [0.5, 0.6) is 5.75 Å². The van der Waals surface area contributed by atoms with Crippen LogP contribution in [0.4, 0.5) is 0 Å². The number of aromatic nitrogens is 2. The lowest BCUT2D eigenvalue weighted by molar-refractivity contribution is 0.0938. The highest BCUT2D eigenvalue weighted by atomic mass is 16.5. The van der Waals surface area contributed by atoms with E-state index in [4.69, 9.17) is 4.74 Å². The SMILES string of the molecule is CCCOc1ccccc1C(=O)n1nc(C)c(C(C)C)c1C.